The van der Waals surface area contributed by atoms with E-state index in [1.807, 2.05) is 39.0 Å². The van der Waals surface area contributed by atoms with Crippen molar-refractivity contribution < 1.29 is 9.26 Å². The van der Waals surface area contributed by atoms with Crippen LogP contribution in [0, 0.1) is 5.41 Å². The van der Waals surface area contributed by atoms with Crippen molar-refractivity contribution in [1.82, 2.24) is 10.1 Å². The number of ether oxygens (including phenoxy) is 1. The molecule has 0 spiro atoms. The molecule has 2 rings (SSSR count). The molecule has 0 saturated heterocycles. The fraction of sp³-hybridized carbons (Fsp3) is 0.429. The van der Waals surface area contributed by atoms with Crippen LogP contribution in [0.25, 0.3) is 11.4 Å². The molecule has 0 aliphatic carbocycles. The summed E-state index contributed by atoms with van der Waals surface area (Å²) in [5, 5.41) is 3.99. The molecule has 2 aromatic rings. The van der Waals surface area contributed by atoms with Gasteiger partial charge in [0, 0.05) is 5.56 Å². The first kappa shape index (κ1) is 15.0. The summed E-state index contributed by atoms with van der Waals surface area (Å²) in [5.74, 6) is 1.71. The van der Waals surface area contributed by atoms with Gasteiger partial charge >= 0.3 is 0 Å². The van der Waals surface area contributed by atoms with Crippen LogP contribution in [0.1, 0.15) is 32.7 Å². The van der Waals surface area contributed by atoms with Crippen molar-refractivity contribution in [3.63, 3.8) is 0 Å². The fourth-order valence-corrected chi connectivity index (χ4v) is 2.20. The highest BCUT2D eigenvalue weighted by atomic mass is 79.9. The standard InChI is InChI=1S/C14H18BrN3O2/c1-14(2,3)11(16)13-17-12(18-20-13)8-5-6-10(19-4)9(15)7-8/h5-7,11H,16H2,1-4H3/t11-/m1/s1. The molecule has 0 aliphatic rings. The van der Waals surface area contributed by atoms with Crippen LogP contribution in [0.3, 0.4) is 0 Å². The van der Waals surface area contributed by atoms with Gasteiger partial charge in [0.2, 0.25) is 11.7 Å². The van der Waals surface area contributed by atoms with E-state index >= 15 is 0 Å². The smallest absolute Gasteiger partial charge is 0.244 e. The second-order valence-corrected chi connectivity index (χ2v) is 6.50. The average molecular weight is 340 g/mol. The van der Waals surface area contributed by atoms with E-state index in [1.54, 1.807) is 7.11 Å². The van der Waals surface area contributed by atoms with Gasteiger partial charge in [0.05, 0.1) is 17.6 Å². The van der Waals surface area contributed by atoms with E-state index in [4.69, 9.17) is 15.0 Å². The summed E-state index contributed by atoms with van der Waals surface area (Å²) in [5.41, 5.74) is 6.82. The summed E-state index contributed by atoms with van der Waals surface area (Å²) in [4.78, 5) is 4.38. The van der Waals surface area contributed by atoms with Gasteiger partial charge in [0.1, 0.15) is 5.75 Å². The van der Waals surface area contributed by atoms with Crippen molar-refractivity contribution in [3.8, 4) is 17.1 Å². The molecule has 0 unspecified atom stereocenters. The zero-order chi connectivity index (χ0) is 14.9. The maximum absolute atomic E-state index is 6.11. The predicted molar refractivity (Wildman–Crippen MR) is 80.4 cm³/mol. The average Bonchev–Trinajstić information content (AvgIpc) is 2.86. The van der Waals surface area contributed by atoms with Gasteiger partial charge < -0.3 is 15.0 Å². The highest BCUT2D eigenvalue weighted by Gasteiger charge is 2.27. The number of hydrogen-bond acceptors (Lipinski definition) is 5. The molecule has 108 valence electrons. The molecule has 2 N–H and O–H groups in total. The van der Waals surface area contributed by atoms with Crippen molar-refractivity contribution in [3.05, 3.63) is 28.6 Å². The Hall–Kier alpha value is -1.40. The van der Waals surface area contributed by atoms with Gasteiger partial charge in [-0.05, 0) is 39.5 Å². The molecule has 0 fully saturated rings. The first-order valence-corrected chi connectivity index (χ1v) is 7.05. The maximum Gasteiger partial charge on any atom is 0.244 e. The lowest BCUT2D eigenvalue weighted by atomic mass is 9.87. The number of nitrogens with two attached hydrogens (primary N) is 1. The Labute approximate surface area is 126 Å². The lowest BCUT2D eigenvalue weighted by Crippen LogP contribution is -2.26. The van der Waals surface area contributed by atoms with Crippen LogP contribution >= 0.6 is 15.9 Å². The number of halogens is 1. The van der Waals surface area contributed by atoms with E-state index in [0.717, 1.165) is 15.8 Å². The summed E-state index contributed by atoms with van der Waals surface area (Å²) >= 11 is 3.44. The Morgan fingerprint density at radius 1 is 1.35 bits per heavy atom. The first-order valence-electron chi connectivity index (χ1n) is 6.26. The van der Waals surface area contributed by atoms with Gasteiger partial charge in [0.25, 0.3) is 0 Å². The second-order valence-electron chi connectivity index (χ2n) is 5.65. The number of hydrogen-bond donors (Lipinski definition) is 1. The molecule has 6 heteroatoms. The zero-order valence-corrected chi connectivity index (χ0v) is 13.6. The molecular weight excluding hydrogens is 322 g/mol. The van der Waals surface area contributed by atoms with Crippen LogP contribution < -0.4 is 10.5 Å². The molecule has 0 saturated carbocycles. The maximum atomic E-state index is 6.11. The molecule has 0 amide bonds. The van der Waals surface area contributed by atoms with E-state index in [-0.39, 0.29) is 11.5 Å². The Morgan fingerprint density at radius 3 is 2.60 bits per heavy atom. The molecule has 20 heavy (non-hydrogen) atoms. The molecule has 0 bridgehead atoms. The third kappa shape index (κ3) is 3.02. The van der Waals surface area contributed by atoms with E-state index in [1.165, 1.54) is 0 Å². The van der Waals surface area contributed by atoms with Gasteiger partial charge in [-0.3, -0.25) is 0 Å². The van der Waals surface area contributed by atoms with E-state index in [2.05, 4.69) is 26.1 Å². The van der Waals surface area contributed by atoms with Crippen LogP contribution in [0.4, 0.5) is 0 Å². The summed E-state index contributed by atoms with van der Waals surface area (Å²) in [6, 6.07) is 5.31. The summed E-state index contributed by atoms with van der Waals surface area (Å²) in [7, 11) is 1.62. The summed E-state index contributed by atoms with van der Waals surface area (Å²) < 4.78 is 11.3. The van der Waals surface area contributed by atoms with E-state index < -0.39 is 0 Å². The normalized spacial score (nSPS) is 13.3. The molecule has 5 nitrogen and oxygen atoms in total. The Kier molecular flexibility index (Phi) is 4.15. The Morgan fingerprint density at radius 2 is 2.05 bits per heavy atom. The number of nitrogens with zero attached hydrogens (tertiary/aromatic N) is 2. The molecule has 0 radical (unpaired) electrons. The molecular formula is C14H18BrN3O2. The lowest BCUT2D eigenvalue weighted by molar-refractivity contribution is 0.253. The quantitative estimate of drug-likeness (QED) is 0.925. The van der Waals surface area contributed by atoms with Gasteiger partial charge in [-0.25, -0.2) is 0 Å². The van der Waals surface area contributed by atoms with Crippen LogP contribution in [0.2, 0.25) is 0 Å². The van der Waals surface area contributed by atoms with Crippen molar-refractivity contribution in [2.24, 2.45) is 11.1 Å². The first-order chi connectivity index (χ1) is 9.32. The number of benzene rings is 1. The minimum atomic E-state index is -0.301. The minimum absolute atomic E-state index is 0.135. The predicted octanol–water partition coefficient (Wildman–Crippen LogP) is 3.55. The van der Waals surface area contributed by atoms with Gasteiger partial charge in [-0.15, -0.1) is 0 Å². The third-order valence-corrected chi connectivity index (χ3v) is 3.67. The van der Waals surface area contributed by atoms with E-state index in [9.17, 15) is 0 Å². The minimum Gasteiger partial charge on any atom is -0.496 e. The highest BCUT2D eigenvalue weighted by Crippen LogP contribution is 2.32. The van der Waals surface area contributed by atoms with Crippen molar-refractivity contribution >= 4 is 15.9 Å². The van der Waals surface area contributed by atoms with Gasteiger partial charge in [0.15, 0.2) is 0 Å². The van der Waals surface area contributed by atoms with Crippen LogP contribution in [-0.4, -0.2) is 17.3 Å². The van der Waals surface area contributed by atoms with Crippen molar-refractivity contribution in [2.45, 2.75) is 26.8 Å². The molecule has 1 heterocycles. The van der Waals surface area contributed by atoms with Gasteiger partial charge in [-0.2, -0.15) is 4.98 Å². The monoisotopic (exact) mass is 339 g/mol. The number of aromatic nitrogens is 2. The lowest BCUT2D eigenvalue weighted by Gasteiger charge is -2.23. The number of rotatable bonds is 3. The van der Waals surface area contributed by atoms with E-state index in [0.29, 0.717) is 11.7 Å². The molecule has 1 atom stereocenters. The SMILES string of the molecule is COc1ccc(-c2noc([C@@H](N)C(C)(C)C)n2)cc1Br. The van der Waals surface area contributed by atoms with Crippen LogP contribution in [0.15, 0.2) is 27.2 Å². The molecule has 1 aromatic heterocycles. The second kappa shape index (κ2) is 5.54. The largest absolute Gasteiger partial charge is 0.496 e. The Balaban J connectivity index is 2.31. The highest BCUT2D eigenvalue weighted by molar-refractivity contribution is 9.10. The summed E-state index contributed by atoms with van der Waals surface area (Å²) in [6.07, 6.45) is 0. The number of methoxy groups -OCH3 is 1. The zero-order valence-electron chi connectivity index (χ0n) is 12.0. The summed E-state index contributed by atoms with van der Waals surface area (Å²) in [6.45, 7) is 6.10. The Bertz CT molecular complexity index is 605. The third-order valence-electron chi connectivity index (χ3n) is 3.05. The molecule has 1 aromatic carbocycles. The van der Waals surface area contributed by atoms with Crippen molar-refractivity contribution in [2.75, 3.05) is 7.11 Å². The topological polar surface area (TPSA) is 74.2 Å². The van der Waals surface area contributed by atoms with Crippen molar-refractivity contribution in [1.29, 1.82) is 0 Å². The molecule has 0 aliphatic heterocycles. The van der Waals surface area contributed by atoms with Gasteiger partial charge in [-0.1, -0.05) is 25.9 Å². The van der Waals surface area contributed by atoms with Crippen LogP contribution in [-0.2, 0) is 0 Å². The fourth-order valence-electron chi connectivity index (χ4n) is 1.65. The van der Waals surface area contributed by atoms with Crippen LogP contribution in [0.5, 0.6) is 5.75 Å².